The van der Waals surface area contributed by atoms with Crippen molar-refractivity contribution in [2.45, 2.75) is 38.7 Å². The number of hydrogen-bond acceptors (Lipinski definition) is 3. The van der Waals surface area contributed by atoms with Gasteiger partial charge in [-0.1, -0.05) is 30.3 Å². The van der Waals surface area contributed by atoms with Gasteiger partial charge in [0.1, 0.15) is 5.75 Å². The fourth-order valence-corrected chi connectivity index (χ4v) is 2.61. The molecule has 5 nitrogen and oxygen atoms in total. The molecule has 0 aliphatic heterocycles. The Hall–Kier alpha value is -2.96. The van der Waals surface area contributed by atoms with Crippen molar-refractivity contribution in [3.8, 4) is 5.75 Å². The van der Waals surface area contributed by atoms with Crippen LogP contribution in [0.1, 0.15) is 36.8 Å². The highest BCUT2D eigenvalue weighted by molar-refractivity contribution is 5.90. The number of carbonyl (C=O) groups is 2. The van der Waals surface area contributed by atoms with E-state index in [1.54, 1.807) is 6.07 Å². The van der Waals surface area contributed by atoms with Gasteiger partial charge >= 0.3 is 12.6 Å². The summed E-state index contributed by atoms with van der Waals surface area (Å²) in [6.45, 7) is -2.94. The highest BCUT2D eigenvalue weighted by Gasteiger charge is 2.12. The van der Waals surface area contributed by atoms with Crippen LogP contribution in [0.5, 0.6) is 5.75 Å². The van der Waals surface area contributed by atoms with Crippen LogP contribution in [-0.2, 0) is 16.0 Å². The van der Waals surface area contributed by atoms with Gasteiger partial charge in [-0.15, -0.1) is 0 Å². The summed E-state index contributed by atoms with van der Waals surface area (Å²) < 4.78 is 29.9. The van der Waals surface area contributed by atoms with Crippen LogP contribution < -0.4 is 10.1 Å². The van der Waals surface area contributed by atoms with E-state index in [0.717, 1.165) is 5.56 Å². The number of halogens is 2. The largest absolute Gasteiger partial charge is 0.481 e. The number of aliphatic carboxylic acids is 1. The Bertz CT molecular complexity index is 766. The van der Waals surface area contributed by atoms with Crippen LogP contribution in [0.4, 0.5) is 14.5 Å². The number of ether oxygens (including phenoxy) is 1. The molecule has 0 heterocycles. The first kappa shape index (κ1) is 20.4. The van der Waals surface area contributed by atoms with Gasteiger partial charge in [0.05, 0.1) is 0 Å². The Morgan fingerprint density at radius 1 is 1.04 bits per heavy atom. The fourth-order valence-electron chi connectivity index (χ4n) is 2.61. The zero-order valence-electron chi connectivity index (χ0n) is 14.7. The molecule has 0 aliphatic carbocycles. The van der Waals surface area contributed by atoms with Crippen molar-refractivity contribution >= 4 is 17.6 Å². The molecule has 0 saturated heterocycles. The molecule has 0 aliphatic rings. The molecule has 27 heavy (non-hydrogen) atoms. The normalized spacial score (nSPS) is 10.6. The Kier molecular flexibility index (Phi) is 7.73. The fraction of sp³-hybridized carbons (Fsp3) is 0.300. The van der Waals surface area contributed by atoms with Crippen LogP contribution in [0.2, 0.25) is 0 Å². The van der Waals surface area contributed by atoms with E-state index in [1.807, 2.05) is 30.3 Å². The molecule has 144 valence electrons. The topological polar surface area (TPSA) is 75.6 Å². The van der Waals surface area contributed by atoms with Crippen molar-refractivity contribution < 1.29 is 28.2 Å². The Morgan fingerprint density at radius 2 is 1.74 bits per heavy atom. The van der Waals surface area contributed by atoms with Gasteiger partial charge in [0.15, 0.2) is 0 Å². The molecule has 2 N–H and O–H groups in total. The predicted octanol–water partition coefficient (Wildman–Crippen LogP) is 4.46. The molecule has 2 aromatic rings. The van der Waals surface area contributed by atoms with Gasteiger partial charge in [0, 0.05) is 30.5 Å². The number of anilines is 1. The van der Waals surface area contributed by atoms with Gasteiger partial charge < -0.3 is 15.2 Å². The third-order valence-corrected chi connectivity index (χ3v) is 3.84. The summed E-state index contributed by atoms with van der Waals surface area (Å²) in [4.78, 5) is 22.4. The van der Waals surface area contributed by atoms with Crippen molar-refractivity contribution in [2.24, 2.45) is 0 Å². The maximum absolute atomic E-state index is 12.6. The number of alkyl halides is 2. The van der Waals surface area contributed by atoms with Gasteiger partial charge in [-0.2, -0.15) is 8.78 Å². The number of amides is 1. The summed E-state index contributed by atoms with van der Waals surface area (Å²) in [5, 5.41) is 11.3. The van der Waals surface area contributed by atoms with E-state index in [2.05, 4.69) is 10.1 Å². The second-order valence-corrected chi connectivity index (χ2v) is 6.01. The monoisotopic (exact) mass is 377 g/mol. The summed E-state index contributed by atoms with van der Waals surface area (Å²) in [5.74, 6) is -1.09. The number of rotatable bonds is 10. The number of carboxylic acid groups (broad SMARTS) is 1. The molecule has 0 fully saturated rings. The SMILES string of the molecule is O=C(O)CCCCC(=O)Nc1ccc(OC(F)F)c(Cc2ccccc2)c1. The quantitative estimate of drug-likeness (QED) is 0.600. The standard InChI is InChI=1S/C20H21F2NO4/c21-20(22)27-17-11-10-16(23-18(24)8-4-5-9-19(25)26)13-15(17)12-14-6-2-1-3-7-14/h1-3,6-7,10-11,13,20H,4-5,8-9,12H2,(H,23,24)(H,25,26). The number of hydrogen-bond donors (Lipinski definition) is 2. The minimum absolute atomic E-state index is 0.0220. The van der Waals surface area contributed by atoms with Crippen LogP contribution in [0.15, 0.2) is 48.5 Å². The van der Waals surface area contributed by atoms with Crippen LogP contribution in [-0.4, -0.2) is 23.6 Å². The summed E-state index contributed by atoms with van der Waals surface area (Å²) in [7, 11) is 0. The second kappa shape index (κ2) is 10.3. The van der Waals surface area contributed by atoms with E-state index in [-0.39, 0.29) is 24.5 Å². The van der Waals surface area contributed by atoms with Gasteiger partial charge in [0.25, 0.3) is 0 Å². The van der Waals surface area contributed by atoms with E-state index >= 15 is 0 Å². The number of unbranched alkanes of at least 4 members (excludes halogenated alkanes) is 1. The van der Waals surface area contributed by atoms with E-state index in [1.165, 1.54) is 12.1 Å². The zero-order chi connectivity index (χ0) is 19.6. The lowest BCUT2D eigenvalue weighted by atomic mass is 10.0. The molecule has 7 heteroatoms. The van der Waals surface area contributed by atoms with Gasteiger partial charge in [0.2, 0.25) is 5.91 Å². The molecule has 0 unspecified atom stereocenters. The van der Waals surface area contributed by atoms with Gasteiger partial charge in [-0.3, -0.25) is 9.59 Å². The van der Waals surface area contributed by atoms with Crippen LogP contribution in [0.25, 0.3) is 0 Å². The Balaban J connectivity index is 2.05. The molecule has 0 saturated carbocycles. The number of benzene rings is 2. The summed E-state index contributed by atoms with van der Waals surface area (Å²) in [5.41, 5.74) is 1.93. The average Bonchev–Trinajstić information content (AvgIpc) is 2.61. The zero-order valence-corrected chi connectivity index (χ0v) is 14.7. The van der Waals surface area contributed by atoms with Crippen molar-refractivity contribution in [2.75, 3.05) is 5.32 Å². The van der Waals surface area contributed by atoms with Crippen LogP contribution in [0.3, 0.4) is 0 Å². The minimum atomic E-state index is -2.94. The Labute approximate surface area is 156 Å². The number of carbonyl (C=O) groups excluding carboxylic acids is 1. The molecule has 0 bridgehead atoms. The predicted molar refractivity (Wildman–Crippen MR) is 97.1 cm³/mol. The van der Waals surface area contributed by atoms with Crippen molar-refractivity contribution in [1.29, 1.82) is 0 Å². The average molecular weight is 377 g/mol. The molecule has 2 rings (SSSR count). The summed E-state index contributed by atoms with van der Waals surface area (Å²) in [6, 6.07) is 13.8. The molecular formula is C20H21F2NO4. The van der Waals surface area contributed by atoms with Crippen molar-refractivity contribution in [1.82, 2.24) is 0 Å². The maximum Gasteiger partial charge on any atom is 0.387 e. The van der Waals surface area contributed by atoms with Crippen molar-refractivity contribution in [3.05, 3.63) is 59.7 Å². The molecule has 0 radical (unpaired) electrons. The summed E-state index contributed by atoms with van der Waals surface area (Å²) >= 11 is 0. The molecule has 0 spiro atoms. The molecule has 2 aromatic carbocycles. The van der Waals surface area contributed by atoms with E-state index in [0.29, 0.717) is 30.5 Å². The van der Waals surface area contributed by atoms with E-state index in [9.17, 15) is 18.4 Å². The van der Waals surface area contributed by atoms with E-state index in [4.69, 9.17) is 5.11 Å². The van der Waals surface area contributed by atoms with Crippen LogP contribution in [0, 0.1) is 0 Å². The van der Waals surface area contributed by atoms with Crippen LogP contribution >= 0.6 is 0 Å². The molecular weight excluding hydrogens is 356 g/mol. The third-order valence-electron chi connectivity index (χ3n) is 3.84. The molecule has 1 amide bonds. The van der Waals surface area contributed by atoms with Gasteiger partial charge in [-0.25, -0.2) is 0 Å². The number of carboxylic acids is 1. The second-order valence-electron chi connectivity index (χ2n) is 6.01. The highest BCUT2D eigenvalue weighted by Crippen LogP contribution is 2.27. The first-order valence-electron chi connectivity index (χ1n) is 8.57. The Morgan fingerprint density at radius 3 is 2.41 bits per heavy atom. The van der Waals surface area contributed by atoms with Gasteiger partial charge in [-0.05, 0) is 36.6 Å². The lowest BCUT2D eigenvalue weighted by Gasteiger charge is -2.13. The molecule has 0 atom stereocenters. The first-order chi connectivity index (χ1) is 12.9. The van der Waals surface area contributed by atoms with Crippen molar-refractivity contribution in [3.63, 3.8) is 0 Å². The first-order valence-corrected chi connectivity index (χ1v) is 8.57. The minimum Gasteiger partial charge on any atom is -0.481 e. The number of nitrogens with one attached hydrogen (secondary N) is 1. The third kappa shape index (κ3) is 7.43. The lowest BCUT2D eigenvalue weighted by molar-refractivity contribution is -0.137. The lowest BCUT2D eigenvalue weighted by Crippen LogP contribution is -2.12. The summed E-state index contributed by atoms with van der Waals surface area (Å²) in [6.07, 6.45) is 1.47. The van der Waals surface area contributed by atoms with E-state index < -0.39 is 12.6 Å². The highest BCUT2D eigenvalue weighted by atomic mass is 19.3. The maximum atomic E-state index is 12.6. The smallest absolute Gasteiger partial charge is 0.387 e. The molecule has 0 aromatic heterocycles.